The smallest absolute Gasteiger partial charge is 0.185 e. The van der Waals surface area contributed by atoms with Crippen LogP contribution in [0.2, 0.25) is 0 Å². The topological polar surface area (TPSA) is 54.0 Å². The molecule has 2 aromatic rings. The summed E-state index contributed by atoms with van der Waals surface area (Å²) in [6.45, 7) is 0. The molecule has 78 valence electrons. The van der Waals surface area contributed by atoms with Crippen molar-refractivity contribution in [3.63, 3.8) is 0 Å². The largest absolute Gasteiger partial charge is 0.453 e. The van der Waals surface area contributed by atoms with Gasteiger partial charge in [0.2, 0.25) is 0 Å². The first-order valence-electron chi connectivity index (χ1n) is 4.49. The Morgan fingerprint density at radius 2 is 2.12 bits per heavy atom. The van der Waals surface area contributed by atoms with E-state index in [0.29, 0.717) is 23.2 Å². The first-order valence-corrected chi connectivity index (χ1v) is 5.29. The van der Waals surface area contributed by atoms with Gasteiger partial charge in [0.15, 0.2) is 12.0 Å². The lowest BCUT2D eigenvalue weighted by molar-refractivity contribution is 0.110. The van der Waals surface area contributed by atoms with E-state index in [1.165, 1.54) is 0 Å². The molecule has 16 heavy (non-hydrogen) atoms. The Morgan fingerprint density at radius 1 is 1.31 bits per heavy atom. The molecule has 0 aliphatic heterocycles. The van der Waals surface area contributed by atoms with Crippen LogP contribution in [0.25, 0.3) is 11.3 Å². The summed E-state index contributed by atoms with van der Waals surface area (Å²) in [7, 11) is 0. The lowest BCUT2D eigenvalue weighted by atomic mass is 10.1. The standard InChI is InChI=1S/C12H6BrNO2/c13-9-1-3-11(8(5-9)6-14)12-4-2-10(7-15)16-12/h1-5,7H. The maximum Gasteiger partial charge on any atom is 0.185 e. The van der Waals surface area contributed by atoms with Crippen LogP contribution in [0.3, 0.4) is 0 Å². The number of furan rings is 1. The summed E-state index contributed by atoms with van der Waals surface area (Å²) in [6, 6.07) is 10.6. The zero-order chi connectivity index (χ0) is 11.5. The van der Waals surface area contributed by atoms with E-state index >= 15 is 0 Å². The van der Waals surface area contributed by atoms with E-state index in [2.05, 4.69) is 22.0 Å². The third-order valence-corrected chi connectivity index (χ3v) is 2.60. The molecule has 0 radical (unpaired) electrons. The van der Waals surface area contributed by atoms with Gasteiger partial charge in [0.05, 0.1) is 11.6 Å². The van der Waals surface area contributed by atoms with E-state index in [1.807, 2.05) is 6.07 Å². The Hall–Kier alpha value is -1.86. The maximum absolute atomic E-state index is 10.5. The van der Waals surface area contributed by atoms with E-state index in [4.69, 9.17) is 9.68 Å². The fraction of sp³-hybridized carbons (Fsp3) is 0. The molecule has 0 amide bonds. The minimum atomic E-state index is 0.252. The highest BCUT2D eigenvalue weighted by molar-refractivity contribution is 9.10. The number of aldehydes is 1. The van der Waals surface area contributed by atoms with Crippen LogP contribution in [0, 0.1) is 11.3 Å². The molecule has 1 aromatic carbocycles. The van der Waals surface area contributed by atoms with Crippen LogP contribution in [-0.4, -0.2) is 6.29 Å². The Kier molecular flexibility index (Phi) is 2.88. The molecule has 0 saturated heterocycles. The maximum atomic E-state index is 10.5. The number of hydrogen-bond donors (Lipinski definition) is 0. The van der Waals surface area contributed by atoms with Crippen LogP contribution < -0.4 is 0 Å². The molecular formula is C12H6BrNO2. The number of nitrogens with zero attached hydrogens (tertiary/aromatic N) is 1. The third-order valence-electron chi connectivity index (χ3n) is 2.11. The molecule has 0 saturated carbocycles. The molecule has 1 aromatic heterocycles. The van der Waals surface area contributed by atoms with Crippen molar-refractivity contribution in [2.45, 2.75) is 0 Å². The van der Waals surface area contributed by atoms with E-state index in [-0.39, 0.29) is 5.76 Å². The van der Waals surface area contributed by atoms with E-state index < -0.39 is 0 Å². The van der Waals surface area contributed by atoms with Crippen LogP contribution in [0.15, 0.2) is 39.2 Å². The number of benzene rings is 1. The van der Waals surface area contributed by atoms with Gasteiger partial charge in [-0.05, 0) is 30.3 Å². The monoisotopic (exact) mass is 275 g/mol. The Balaban J connectivity index is 2.55. The number of hydrogen-bond acceptors (Lipinski definition) is 3. The summed E-state index contributed by atoms with van der Waals surface area (Å²) in [5, 5.41) is 8.99. The van der Waals surface area contributed by atoms with Crippen molar-refractivity contribution in [2.75, 3.05) is 0 Å². The quantitative estimate of drug-likeness (QED) is 0.790. The predicted octanol–water partition coefficient (Wildman–Crippen LogP) is 3.39. The highest BCUT2D eigenvalue weighted by Crippen LogP contribution is 2.27. The number of carbonyl (C=O) groups is 1. The van der Waals surface area contributed by atoms with Crippen LogP contribution in [0.4, 0.5) is 0 Å². The molecule has 0 N–H and O–H groups in total. The second-order valence-electron chi connectivity index (χ2n) is 3.12. The summed E-state index contributed by atoms with van der Waals surface area (Å²) in [5.41, 5.74) is 1.18. The van der Waals surface area contributed by atoms with Gasteiger partial charge >= 0.3 is 0 Å². The number of nitriles is 1. The van der Waals surface area contributed by atoms with Gasteiger partial charge < -0.3 is 4.42 Å². The average Bonchev–Trinajstić information content (AvgIpc) is 2.77. The Bertz CT molecular complexity index is 581. The first-order chi connectivity index (χ1) is 7.74. The number of halogens is 1. The Labute approximate surface area is 100 Å². The SMILES string of the molecule is N#Cc1cc(Br)ccc1-c1ccc(C=O)o1. The molecule has 1 heterocycles. The van der Waals surface area contributed by atoms with E-state index in [1.54, 1.807) is 24.3 Å². The Morgan fingerprint density at radius 3 is 2.75 bits per heavy atom. The molecule has 0 bridgehead atoms. The molecule has 0 unspecified atom stereocenters. The summed E-state index contributed by atoms with van der Waals surface area (Å²) in [4.78, 5) is 10.5. The van der Waals surface area contributed by atoms with Crippen molar-refractivity contribution < 1.29 is 9.21 Å². The molecule has 3 nitrogen and oxygen atoms in total. The first kappa shape index (κ1) is 10.7. The van der Waals surface area contributed by atoms with Gasteiger partial charge in [-0.3, -0.25) is 4.79 Å². The van der Waals surface area contributed by atoms with Crippen LogP contribution in [-0.2, 0) is 0 Å². The van der Waals surface area contributed by atoms with Crippen molar-refractivity contribution in [3.05, 3.63) is 46.1 Å². The van der Waals surface area contributed by atoms with Crippen LogP contribution in [0.1, 0.15) is 16.1 Å². The zero-order valence-electron chi connectivity index (χ0n) is 8.11. The van der Waals surface area contributed by atoms with Crippen molar-refractivity contribution in [2.24, 2.45) is 0 Å². The van der Waals surface area contributed by atoms with Gasteiger partial charge in [0, 0.05) is 10.0 Å². The zero-order valence-corrected chi connectivity index (χ0v) is 9.69. The lowest BCUT2D eigenvalue weighted by Crippen LogP contribution is -1.82. The normalized spacial score (nSPS) is 9.75. The van der Waals surface area contributed by atoms with Crippen LogP contribution in [0.5, 0.6) is 0 Å². The second kappa shape index (κ2) is 4.33. The van der Waals surface area contributed by atoms with Gasteiger partial charge in [-0.1, -0.05) is 15.9 Å². The number of carbonyl (C=O) groups excluding carboxylic acids is 1. The van der Waals surface area contributed by atoms with Gasteiger partial charge in [-0.25, -0.2) is 0 Å². The fourth-order valence-electron chi connectivity index (χ4n) is 1.38. The van der Waals surface area contributed by atoms with Gasteiger partial charge in [0.1, 0.15) is 5.76 Å². The average molecular weight is 276 g/mol. The summed E-state index contributed by atoms with van der Waals surface area (Å²) in [6.07, 6.45) is 0.633. The molecular weight excluding hydrogens is 270 g/mol. The predicted molar refractivity (Wildman–Crippen MR) is 61.9 cm³/mol. The van der Waals surface area contributed by atoms with E-state index in [0.717, 1.165) is 4.47 Å². The molecule has 0 fully saturated rings. The van der Waals surface area contributed by atoms with Gasteiger partial charge in [0.25, 0.3) is 0 Å². The van der Waals surface area contributed by atoms with Crippen molar-refractivity contribution in [1.82, 2.24) is 0 Å². The number of rotatable bonds is 2. The highest BCUT2D eigenvalue weighted by Gasteiger charge is 2.09. The van der Waals surface area contributed by atoms with Crippen molar-refractivity contribution in [3.8, 4) is 17.4 Å². The summed E-state index contributed by atoms with van der Waals surface area (Å²) in [5.74, 6) is 0.771. The van der Waals surface area contributed by atoms with Crippen molar-refractivity contribution in [1.29, 1.82) is 5.26 Å². The second-order valence-corrected chi connectivity index (χ2v) is 4.04. The van der Waals surface area contributed by atoms with Gasteiger partial charge in [-0.2, -0.15) is 5.26 Å². The van der Waals surface area contributed by atoms with Crippen molar-refractivity contribution >= 4 is 22.2 Å². The van der Waals surface area contributed by atoms with Crippen LogP contribution >= 0.6 is 15.9 Å². The minimum Gasteiger partial charge on any atom is -0.453 e. The van der Waals surface area contributed by atoms with Gasteiger partial charge in [-0.15, -0.1) is 0 Å². The third kappa shape index (κ3) is 1.90. The minimum absolute atomic E-state index is 0.252. The molecule has 0 atom stereocenters. The summed E-state index contributed by atoms with van der Waals surface area (Å²) < 4.78 is 6.10. The molecule has 0 aliphatic carbocycles. The van der Waals surface area contributed by atoms with E-state index in [9.17, 15) is 4.79 Å². The summed E-state index contributed by atoms with van der Waals surface area (Å²) >= 11 is 3.29. The molecule has 4 heteroatoms. The molecule has 2 rings (SSSR count). The highest BCUT2D eigenvalue weighted by atomic mass is 79.9. The molecule has 0 aliphatic rings. The fourth-order valence-corrected chi connectivity index (χ4v) is 1.75. The molecule has 0 spiro atoms. The lowest BCUT2D eigenvalue weighted by Gasteiger charge is -2.00.